The third-order valence-corrected chi connectivity index (χ3v) is 4.46. The maximum Gasteiger partial charge on any atom is 0.389 e. The van der Waals surface area contributed by atoms with Crippen LogP contribution in [0.3, 0.4) is 0 Å². The summed E-state index contributed by atoms with van der Waals surface area (Å²) in [5, 5.41) is 0. The van der Waals surface area contributed by atoms with E-state index in [4.69, 9.17) is 10.5 Å². The smallest absolute Gasteiger partial charge is 0.389 e. The van der Waals surface area contributed by atoms with Gasteiger partial charge in [-0.15, -0.1) is 0 Å². The number of carbonyl (C=O) groups is 1. The predicted octanol–water partition coefficient (Wildman–Crippen LogP) is 5.77. The number of carbonyl (C=O) groups excluding carboxylic acids is 1. The zero-order chi connectivity index (χ0) is 20.6. The lowest BCUT2D eigenvalue weighted by Gasteiger charge is -2.13. The molecule has 1 atom stereocenters. The number of hydrogen-bond donors (Lipinski definition) is 1. The number of benzene rings is 2. The number of Topliss-reactive ketones (excluding diaryl/α,β-unsaturated/α-hetero) is 1. The lowest BCUT2D eigenvalue weighted by molar-refractivity contribution is -0.135. The molecule has 0 radical (unpaired) electrons. The minimum absolute atomic E-state index is 0.00770. The Morgan fingerprint density at radius 1 is 1.00 bits per heavy atom. The van der Waals surface area contributed by atoms with Crippen molar-refractivity contribution in [3.05, 3.63) is 65.2 Å². The Morgan fingerprint density at radius 3 is 2.25 bits per heavy atom. The largest absolute Gasteiger partial charge is 0.494 e. The summed E-state index contributed by atoms with van der Waals surface area (Å²) in [5.41, 5.74) is 8.72. The lowest BCUT2D eigenvalue weighted by Crippen LogP contribution is -2.15. The van der Waals surface area contributed by atoms with Gasteiger partial charge in [-0.1, -0.05) is 42.0 Å². The summed E-state index contributed by atoms with van der Waals surface area (Å²) in [6, 6.07) is 14.1. The van der Waals surface area contributed by atoms with Gasteiger partial charge in [0.05, 0.1) is 6.61 Å². The van der Waals surface area contributed by atoms with Gasteiger partial charge in [-0.3, -0.25) is 4.79 Å². The normalized spacial score (nSPS) is 12.6. The molecule has 0 aliphatic rings. The molecule has 2 aromatic rings. The van der Waals surface area contributed by atoms with Crippen molar-refractivity contribution in [3.63, 3.8) is 0 Å². The molecule has 2 N–H and O–H groups in total. The standard InChI is InChI=1S/C22H26F3NO2/c1-16-5-7-18(8-6-16)21(27)15-20(26)17-9-11-19(12-10-17)28-14-4-2-3-13-22(23,24)25/h5-12,20H,2-4,13-15,26H2,1H3. The first-order valence-corrected chi connectivity index (χ1v) is 9.39. The van der Waals surface area contributed by atoms with Crippen molar-refractivity contribution in [2.24, 2.45) is 5.73 Å². The molecular weight excluding hydrogens is 367 g/mol. The van der Waals surface area contributed by atoms with E-state index in [1.807, 2.05) is 31.2 Å². The van der Waals surface area contributed by atoms with Crippen LogP contribution in [0.1, 0.15) is 59.6 Å². The Labute approximate surface area is 163 Å². The van der Waals surface area contributed by atoms with Crippen molar-refractivity contribution < 1.29 is 22.7 Å². The molecule has 2 rings (SSSR count). The van der Waals surface area contributed by atoms with Gasteiger partial charge in [0.25, 0.3) is 0 Å². The van der Waals surface area contributed by atoms with Crippen LogP contribution in [0.5, 0.6) is 5.75 Å². The van der Waals surface area contributed by atoms with Crippen LogP contribution in [-0.2, 0) is 0 Å². The number of alkyl halides is 3. The molecular formula is C22H26F3NO2. The molecule has 0 aromatic heterocycles. The van der Waals surface area contributed by atoms with Gasteiger partial charge in [0, 0.05) is 24.4 Å². The molecule has 2 aromatic carbocycles. The summed E-state index contributed by atoms with van der Waals surface area (Å²) in [6.07, 6.45) is -3.46. The molecule has 0 aliphatic heterocycles. The van der Waals surface area contributed by atoms with Gasteiger partial charge >= 0.3 is 6.18 Å². The van der Waals surface area contributed by atoms with Crippen LogP contribution < -0.4 is 10.5 Å². The number of halogens is 3. The quantitative estimate of drug-likeness (QED) is 0.412. The van der Waals surface area contributed by atoms with Crippen molar-refractivity contribution in [3.8, 4) is 5.75 Å². The zero-order valence-electron chi connectivity index (χ0n) is 16.0. The highest BCUT2D eigenvalue weighted by Crippen LogP contribution is 2.23. The second-order valence-corrected chi connectivity index (χ2v) is 6.94. The summed E-state index contributed by atoms with van der Waals surface area (Å²) in [7, 11) is 0. The van der Waals surface area contributed by atoms with Crippen molar-refractivity contribution in [1.82, 2.24) is 0 Å². The van der Waals surface area contributed by atoms with E-state index in [2.05, 4.69) is 0 Å². The number of ketones is 1. The SMILES string of the molecule is Cc1ccc(C(=O)CC(N)c2ccc(OCCCCCC(F)(F)F)cc2)cc1. The first kappa shape index (κ1) is 22.0. The number of ether oxygens (including phenoxy) is 1. The monoisotopic (exact) mass is 393 g/mol. The molecule has 0 saturated carbocycles. The number of hydrogen-bond acceptors (Lipinski definition) is 3. The molecule has 152 valence electrons. The van der Waals surface area contributed by atoms with E-state index < -0.39 is 18.6 Å². The fourth-order valence-corrected chi connectivity index (χ4v) is 2.78. The molecule has 0 heterocycles. The second-order valence-electron chi connectivity index (χ2n) is 6.94. The van der Waals surface area contributed by atoms with Crippen molar-refractivity contribution in [2.45, 2.75) is 51.2 Å². The minimum Gasteiger partial charge on any atom is -0.494 e. The zero-order valence-corrected chi connectivity index (χ0v) is 16.0. The highest BCUT2D eigenvalue weighted by Gasteiger charge is 2.25. The van der Waals surface area contributed by atoms with Crippen LogP contribution in [0.25, 0.3) is 0 Å². The fraction of sp³-hybridized carbons (Fsp3) is 0.409. The van der Waals surface area contributed by atoms with Gasteiger partial charge in [0.15, 0.2) is 5.78 Å². The predicted molar refractivity (Wildman–Crippen MR) is 104 cm³/mol. The Balaban J connectivity index is 1.75. The summed E-state index contributed by atoms with van der Waals surface area (Å²) < 4.78 is 41.7. The number of rotatable bonds is 10. The summed E-state index contributed by atoms with van der Waals surface area (Å²) in [5.74, 6) is 0.628. The Kier molecular flexibility index (Phi) is 8.05. The molecule has 0 amide bonds. The molecule has 0 bridgehead atoms. The molecule has 0 spiro atoms. The summed E-state index contributed by atoms with van der Waals surface area (Å²) in [4.78, 5) is 12.3. The third kappa shape index (κ3) is 7.72. The molecule has 0 fully saturated rings. The highest BCUT2D eigenvalue weighted by molar-refractivity contribution is 5.96. The van der Waals surface area contributed by atoms with Crippen molar-refractivity contribution in [2.75, 3.05) is 6.61 Å². The van der Waals surface area contributed by atoms with Crippen LogP contribution in [0, 0.1) is 6.92 Å². The molecule has 1 unspecified atom stereocenters. The van der Waals surface area contributed by atoms with Crippen LogP contribution in [0.2, 0.25) is 0 Å². The average molecular weight is 393 g/mol. The second kappa shape index (κ2) is 10.3. The van der Waals surface area contributed by atoms with Crippen LogP contribution >= 0.6 is 0 Å². The molecule has 0 aliphatic carbocycles. The first-order chi connectivity index (χ1) is 13.2. The van der Waals surface area contributed by atoms with Gasteiger partial charge in [0.2, 0.25) is 0 Å². The van der Waals surface area contributed by atoms with Gasteiger partial charge in [-0.05, 0) is 43.9 Å². The maximum absolute atomic E-state index is 12.3. The summed E-state index contributed by atoms with van der Waals surface area (Å²) >= 11 is 0. The van der Waals surface area contributed by atoms with Crippen LogP contribution in [0.15, 0.2) is 48.5 Å². The Hall–Kier alpha value is -2.34. The Bertz CT molecular complexity index is 740. The molecule has 6 heteroatoms. The van der Waals surface area contributed by atoms with Crippen molar-refractivity contribution in [1.29, 1.82) is 0 Å². The molecule has 0 saturated heterocycles. The lowest BCUT2D eigenvalue weighted by atomic mass is 9.98. The van der Waals surface area contributed by atoms with Crippen LogP contribution in [0.4, 0.5) is 13.2 Å². The van der Waals surface area contributed by atoms with E-state index in [-0.39, 0.29) is 18.6 Å². The highest BCUT2D eigenvalue weighted by atomic mass is 19.4. The van der Waals surface area contributed by atoms with Gasteiger partial charge in [0.1, 0.15) is 5.75 Å². The fourth-order valence-electron chi connectivity index (χ4n) is 2.78. The molecule has 28 heavy (non-hydrogen) atoms. The topological polar surface area (TPSA) is 52.3 Å². The maximum atomic E-state index is 12.3. The van der Waals surface area contributed by atoms with E-state index in [0.717, 1.165) is 11.1 Å². The van der Waals surface area contributed by atoms with Crippen molar-refractivity contribution >= 4 is 5.78 Å². The first-order valence-electron chi connectivity index (χ1n) is 9.39. The molecule has 3 nitrogen and oxygen atoms in total. The van der Waals surface area contributed by atoms with E-state index in [1.54, 1.807) is 24.3 Å². The van der Waals surface area contributed by atoms with E-state index in [9.17, 15) is 18.0 Å². The van der Waals surface area contributed by atoms with Gasteiger partial charge in [-0.25, -0.2) is 0 Å². The van der Waals surface area contributed by atoms with Gasteiger partial charge < -0.3 is 10.5 Å². The van der Waals surface area contributed by atoms with E-state index >= 15 is 0 Å². The van der Waals surface area contributed by atoms with E-state index in [0.29, 0.717) is 30.8 Å². The Morgan fingerprint density at radius 2 is 1.64 bits per heavy atom. The number of nitrogens with two attached hydrogens (primary N) is 1. The average Bonchev–Trinajstić information content (AvgIpc) is 2.64. The van der Waals surface area contributed by atoms with E-state index in [1.165, 1.54) is 0 Å². The minimum atomic E-state index is -4.09. The number of aryl methyl sites for hydroxylation is 1. The van der Waals surface area contributed by atoms with Crippen LogP contribution in [-0.4, -0.2) is 18.6 Å². The third-order valence-electron chi connectivity index (χ3n) is 4.46. The number of unbranched alkanes of at least 4 members (excludes halogenated alkanes) is 2. The van der Waals surface area contributed by atoms with Gasteiger partial charge in [-0.2, -0.15) is 13.2 Å². The summed E-state index contributed by atoms with van der Waals surface area (Å²) in [6.45, 7) is 2.33.